The summed E-state index contributed by atoms with van der Waals surface area (Å²) in [7, 11) is 0. The number of nitrogens with zero attached hydrogens (tertiary/aromatic N) is 2. The Morgan fingerprint density at radius 1 is 1.21 bits per heavy atom. The van der Waals surface area contributed by atoms with Gasteiger partial charge in [0, 0.05) is 47.6 Å². The van der Waals surface area contributed by atoms with E-state index in [-0.39, 0.29) is 5.91 Å². The minimum absolute atomic E-state index is 0.0924. The number of rotatable bonds is 6. The largest absolute Gasteiger partial charge is 0.378 e. The summed E-state index contributed by atoms with van der Waals surface area (Å²) in [6.45, 7) is 8.25. The molecule has 0 unspecified atom stereocenters. The Bertz CT molecular complexity index is 1170. The number of benzene rings is 1. The molecule has 0 saturated carbocycles. The third-order valence-electron chi connectivity index (χ3n) is 5.78. The zero-order valence-corrected chi connectivity index (χ0v) is 19.9. The van der Waals surface area contributed by atoms with E-state index in [9.17, 15) is 4.79 Å². The summed E-state index contributed by atoms with van der Waals surface area (Å²) >= 11 is 6.17. The molecule has 1 fully saturated rings. The van der Waals surface area contributed by atoms with Gasteiger partial charge in [-0.25, -0.2) is 0 Å². The molecule has 0 spiro atoms. The molecule has 1 aliphatic carbocycles. The molecule has 34 heavy (non-hydrogen) atoms. The molecule has 1 saturated heterocycles. The summed E-state index contributed by atoms with van der Waals surface area (Å²) in [6.07, 6.45) is 13.3. The lowest BCUT2D eigenvalue weighted by Crippen LogP contribution is -2.36. The summed E-state index contributed by atoms with van der Waals surface area (Å²) in [5, 5.41) is 3.62. The van der Waals surface area contributed by atoms with Gasteiger partial charge >= 0.3 is 0 Å². The van der Waals surface area contributed by atoms with E-state index in [0.717, 1.165) is 54.9 Å². The van der Waals surface area contributed by atoms with E-state index < -0.39 is 0 Å². The minimum atomic E-state index is -0.0924. The van der Waals surface area contributed by atoms with Crippen LogP contribution in [0.5, 0.6) is 0 Å². The van der Waals surface area contributed by atoms with Crippen molar-refractivity contribution in [2.24, 2.45) is 4.99 Å². The first-order chi connectivity index (χ1) is 16.6. The van der Waals surface area contributed by atoms with Gasteiger partial charge in [-0.3, -0.25) is 9.79 Å². The van der Waals surface area contributed by atoms with Crippen molar-refractivity contribution in [2.45, 2.75) is 12.8 Å². The molecule has 0 bridgehead atoms. The maximum absolute atomic E-state index is 12.8. The number of allylic oxidation sites excluding steroid dienone is 8. The van der Waals surface area contributed by atoms with Crippen LogP contribution in [0, 0.1) is 11.8 Å². The summed E-state index contributed by atoms with van der Waals surface area (Å²) in [6, 6.07) is 5.73. The number of amides is 1. The summed E-state index contributed by atoms with van der Waals surface area (Å²) in [5.74, 6) is 6.41. The minimum Gasteiger partial charge on any atom is -0.378 e. The molecule has 6 heteroatoms. The van der Waals surface area contributed by atoms with Crippen LogP contribution in [0.2, 0.25) is 0 Å². The van der Waals surface area contributed by atoms with Crippen molar-refractivity contribution in [2.75, 3.05) is 44.3 Å². The van der Waals surface area contributed by atoms with Gasteiger partial charge in [0.1, 0.15) is 0 Å². The number of anilines is 1. The average molecular weight is 474 g/mol. The topological polar surface area (TPSA) is 53.9 Å². The van der Waals surface area contributed by atoms with Gasteiger partial charge < -0.3 is 15.0 Å². The second-order valence-corrected chi connectivity index (χ2v) is 8.62. The first kappa shape index (κ1) is 23.8. The molecule has 3 aliphatic rings. The monoisotopic (exact) mass is 473 g/mol. The van der Waals surface area contributed by atoms with Crippen LogP contribution in [0.15, 0.2) is 81.9 Å². The van der Waals surface area contributed by atoms with Crippen LogP contribution in [0.4, 0.5) is 5.69 Å². The van der Waals surface area contributed by atoms with E-state index >= 15 is 0 Å². The molecule has 1 N–H and O–H groups in total. The zero-order valence-electron chi connectivity index (χ0n) is 19.1. The number of nitrogens with one attached hydrogen (secondary N) is 1. The van der Waals surface area contributed by atoms with E-state index in [4.69, 9.17) is 16.3 Å². The van der Waals surface area contributed by atoms with E-state index in [0.29, 0.717) is 30.4 Å². The number of hydrogen-bond donors (Lipinski definition) is 1. The SMILES string of the molecule is C=C1C=CC(C#Cc2cc(C(=O)NCCCC3=CCN=C3)ccc2N2CCOCC2)=CC=C1Cl. The van der Waals surface area contributed by atoms with E-state index in [1.165, 1.54) is 5.57 Å². The fourth-order valence-electron chi connectivity index (χ4n) is 3.83. The number of carbonyl (C=O) groups excluding carboxylic acids is 1. The van der Waals surface area contributed by atoms with Gasteiger partial charge in [0.05, 0.1) is 25.4 Å². The summed E-state index contributed by atoms with van der Waals surface area (Å²) < 4.78 is 5.50. The highest BCUT2D eigenvalue weighted by Crippen LogP contribution is 2.24. The molecular weight excluding hydrogens is 446 g/mol. The Kier molecular flexibility index (Phi) is 8.19. The molecule has 0 aromatic heterocycles. The molecule has 1 amide bonds. The second kappa shape index (κ2) is 11.7. The van der Waals surface area contributed by atoms with Crippen molar-refractivity contribution >= 4 is 29.4 Å². The van der Waals surface area contributed by atoms with E-state index in [1.807, 2.05) is 42.6 Å². The number of ether oxygens (including phenoxy) is 1. The molecule has 4 rings (SSSR count). The van der Waals surface area contributed by atoms with Crippen molar-refractivity contribution in [3.05, 3.63) is 88.0 Å². The maximum Gasteiger partial charge on any atom is 0.251 e. The van der Waals surface area contributed by atoms with Crippen LogP contribution in [0.25, 0.3) is 0 Å². The highest BCUT2D eigenvalue weighted by atomic mass is 35.5. The molecule has 0 atom stereocenters. The van der Waals surface area contributed by atoms with Crippen molar-refractivity contribution < 1.29 is 9.53 Å². The Morgan fingerprint density at radius 3 is 2.85 bits per heavy atom. The lowest BCUT2D eigenvalue weighted by Gasteiger charge is -2.30. The Hall–Kier alpha value is -3.33. The lowest BCUT2D eigenvalue weighted by molar-refractivity contribution is 0.0953. The standard InChI is InChI=1S/C28H28ClN3O2/c1-21-4-5-22(7-10-26(21)29)6-8-24-19-25(9-11-27(24)32-15-17-34-18-16-32)28(33)31-13-2-3-23-12-14-30-20-23/h4-5,7,9-12,19-20H,1-3,13-18H2,(H,31,33). The molecule has 1 aromatic rings. The third kappa shape index (κ3) is 6.38. The van der Waals surface area contributed by atoms with Gasteiger partial charge in [0.15, 0.2) is 0 Å². The first-order valence-electron chi connectivity index (χ1n) is 11.5. The summed E-state index contributed by atoms with van der Waals surface area (Å²) in [4.78, 5) is 19.3. The zero-order chi connectivity index (χ0) is 23.8. The number of carbonyl (C=O) groups is 1. The third-order valence-corrected chi connectivity index (χ3v) is 6.14. The van der Waals surface area contributed by atoms with E-state index in [1.54, 1.807) is 6.08 Å². The quantitative estimate of drug-likeness (QED) is 0.486. The van der Waals surface area contributed by atoms with Crippen LogP contribution in [0.1, 0.15) is 28.8 Å². The number of morpholine rings is 1. The summed E-state index contributed by atoms with van der Waals surface area (Å²) in [5.41, 5.74) is 5.24. The fraction of sp³-hybridized carbons (Fsp3) is 0.286. The second-order valence-electron chi connectivity index (χ2n) is 8.21. The molecular formula is C28H28ClN3O2. The van der Waals surface area contributed by atoms with Crippen LogP contribution < -0.4 is 10.2 Å². The van der Waals surface area contributed by atoms with Gasteiger partial charge in [0.2, 0.25) is 0 Å². The van der Waals surface area contributed by atoms with Crippen molar-refractivity contribution in [3.8, 4) is 11.8 Å². The maximum atomic E-state index is 12.8. The van der Waals surface area contributed by atoms with Crippen LogP contribution in [-0.2, 0) is 4.74 Å². The molecule has 2 aliphatic heterocycles. The lowest BCUT2D eigenvalue weighted by atomic mass is 10.1. The molecule has 2 heterocycles. The van der Waals surface area contributed by atoms with Crippen molar-refractivity contribution in [1.82, 2.24) is 5.32 Å². The van der Waals surface area contributed by atoms with Crippen LogP contribution in [-0.4, -0.2) is 51.5 Å². The van der Waals surface area contributed by atoms with Crippen molar-refractivity contribution in [3.63, 3.8) is 0 Å². The number of halogens is 1. The van der Waals surface area contributed by atoms with E-state index in [2.05, 4.69) is 39.7 Å². The number of hydrogen-bond acceptors (Lipinski definition) is 4. The van der Waals surface area contributed by atoms with Gasteiger partial charge in [-0.05, 0) is 60.4 Å². The molecule has 174 valence electrons. The predicted octanol–water partition coefficient (Wildman–Crippen LogP) is 4.57. The van der Waals surface area contributed by atoms with Gasteiger partial charge in [0.25, 0.3) is 5.91 Å². The smallest absolute Gasteiger partial charge is 0.251 e. The molecule has 0 radical (unpaired) electrons. The van der Waals surface area contributed by atoms with Crippen molar-refractivity contribution in [1.29, 1.82) is 0 Å². The average Bonchev–Trinajstić information content (AvgIpc) is 3.34. The molecule has 5 nitrogen and oxygen atoms in total. The van der Waals surface area contributed by atoms with Gasteiger partial charge in [-0.15, -0.1) is 0 Å². The Morgan fingerprint density at radius 2 is 2.06 bits per heavy atom. The Labute approximate surface area is 206 Å². The fourth-order valence-corrected chi connectivity index (χ4v) is 3.96. The number of aliphatic imine (C=N–C) groups is 1. The van der Waals surface area contributed by atoms with Crippen LogP contribution in [0.3, 0.4) is 0 Å². The highest BCUT2D eigenvalue weighted by Gasteiger charge is 2.16. The Balaban J connectivity index is 1.51. The normalized spacial score (nSPS) is 17.4. The van der Waals surface area contributed by atoms with Gasteiger partial charge in [-0.2, -0.15) is 0 Å². The highest BCUT2D eigenvalue weighted by molar-refractivity contribution is 6.32. The first-order valence-corrected chi connectivity index (χ1v) is 11.9. The molecule has 1 aromatic carbocycles. The van der Waals surface area contributed by atoms with Gasteiger partial charge in [-0.1, -0.05) is 42.2 Å². The van der Waals surface area contributed by atoms with Crippen LogP contribution >= 0.6 is 11.6 Å². The predicted molar refractivity (Wildman–Crippen MR) is 140 cm³/mol.